The second kappa shape index (κ2) is 4.73. The lowest BCUT2D eigenvalue weighted by atomic mass is 10.3. The highest BCUT2D eigenvalue weighted by Crippen LogP contribution is 2.16. The molecule has 8 nitrogen and oxygen atoms in total. The van der Waals surface area contributed by atoms with Crippen LogP contribution >= 0.6 is 0 Å². The molecular formula is C8H8N4O4. The minimum Gasteiger partial charge on any atom is -0.409 e. The number of hydrogen-bond acceptors (Lipinski definition) is 5. The number of carbonyl (C=O) groups excluding carboxylic acids is 1. The van der Waals surface area contributed by atoms with E-state index in [1.165, 1.54) is 18.2 Å². The van der Waals surface area contributed by atoms with Crippen LogP contribution in [0.4, 0.5) is 11.4 Å². The summed E-state index contributed by atoms with van der Waals surface area (Å²) in [5.74, 6) is -1.48. The molecule has 0 spiro atoms. The van der Waals surface area contributed by atoms with E-state index in [-0.39, 0.29) is 11.4 Å². The summed E-state index contributed by atoms with van der Waals surface area (Å²) in [6.45, 7) is 0. The highest BCUT2D eigenvalue weighted by molar-refractivity contribution is 6.41. The zero-order valence-electron chi connectivity index (χ0n) is 7.95. The van der Waals surface area contributed by atoms with Crippen molar-refractivity contribution >= 4 is 23.1 Å². The number of carbonyl (C=O) groups is 1. The average Bonchev–Trinajstić information content (AvgIpc) is 2.28. The third-order valence-electron chi connectivity index (χ3n) is 1.66. The first-order valence-electron chi connectivity index (χ1n) is 4.08. The summed E-state index contributed by atoms with van der Waals surface area (Å²) in [5, 5.41) is 23.4. The number of nitrogens with two attached hydrogens (primary N) is 1. The summed E-state index contributed by atoms with van der Waals surface area (Å²) in [7, 11) is 0. The van der Waals surface area contributed by atoms with Crippen LogP contribution < -0.4 is 11.1 Å². The lowest BCUT2D eigenvalue weighted by Crippen LogP contribution is -2.30. The van der Waals surface area contributed by atoms with Crippen molar-refractivity contribution in [3.05, 3.63) is 34.4 Å². The summed E-state index contributed by atoms with van der Waals surface area (Å²) in [6, 6.07) is 5.28. The molecule has 0 bridgehead atoms. The first-order chi connectivity index (χ1) is 7.54. The fourth-order valence-corrected chi connectivity index (χ4v) is 0.938. The second-order valence-corrected chi connectivity index (χ2v) is 2.75. The summed E-state index contributed by atoms with van der Waals surface area (Å²) >= 11 is 0. The minimum absolute atomic E-state index is 0.169. The Morgan fingerprint density at radius 3 is 2.81 bits per heavy atom. The van der Waals surface area contributed by atoms with E-state index in [2.05, 4.69) is 10.5 Å². The van der Waals surface area contributed by atoms with Gasteiger partial charge in [0.2, 0.25) is 5.84 Å². The Kier molecular flexibility index (Phi) is 3.38. The van der Waals surface area contributed by atoms with Crippen molar-refractivity contribution in [1.29, 1.82) is 0 Å². The highest BCUT2D eigenvalue weighted by Gasteiger charge is 2.10. The summed E-state index contributed by atoms with van der Waals surface area (Å²) in [5.41, 5.74) is 5.03. The van der Waals surface area contributed by atoms with Crippen molar-refractivity contribution < 1.29 is 14.9 Å². The molecule has 0 aliphatic rings. The molecule has 0 heterocycles. The van der Waals surface area contributed by atoms with E-state index < -0.39 is 16.7 Å². The van der Waals surface area contributed by atoms with Crippen LogP contribution in [0.5, 0.6) is 0 Å². The molecule has 1 aromatic rings. The number of nitrogens with one attached hydrogen (secondary N) is 1. The van der Waals surface area contributed by atoms with Crippen molar-refractivity contribution in [2.24, 2.45) is 10.9 Å². The van der Waals surface area contributed by atoms with Crippen molar-refractivity contribution in [3.8, 4) is 0 Å². The van der Waals surface area contributed by atoms with E-state index in [1.807, 2.05) is 0 Å². The van der Waals surface area contributed by atoms with Gasteiger partial charge in [-0.05, 0) is 6.07 Å². The van der Waals surface area contributed by atoms with Crippen LogP contribution in [0.3, 0.4) is 0 Å². The van der Waals surface area contributed by atoms with Gasteiger partial charge in [-0.2, -0.15) is 0 Å². The van der Waals surface area contributed by atoms with Gasteiger partial charge in [0.15, 0.2) is 0 Å². The van der Waals surface area contributed by atoms with Gasteiger partial charge < -0.3 is 16.3 Å². The fourth-order valence-electron chi connectivity index (χ4n) is 0.938. The molecule has 1 amide bonds. The van der Waals surface area contributed by atoms with Crippen LogP contribution in [-0.4, -0.2) is 21.9 Å². The Balaban J connectivity index is 2.86. The van der Waals surface area contributed by atoms with Crippen molar-refractivity contribution in [2.75, 3.05) is 5.32 Å². The van der Waals surface area contributed by atoms with Gasteiger partial charge in [0.25, 0.3) is 11.6 Å². The van der Waals surface area contributed by atoms with Crippen LogP contribution in [0, 0.1) is 10.1 Å². The minimum atomic E-state index is -0.844. The topological polar surface area (TPSA) is 131 Å². The largest absolute Gasteiger partial charge is 0.409 e. The van der Waals surface area contributed by atoms with E-state index in [4.69, 9.17) is 10.9 Å². The van der Waals surface area contributed by atoms with E-state index in [1.54, 1.807) is 0 Å². The molecule has 0 fully saturated rings. The maximum Gasteiger partial charge on any atom is 0.294 e. The lowest BCUT2D eigenvalue weighted by Gasteiger charge is -2.02. The Morgan fingerprint density at radius 2 is 2.25 bits per heavy atom. The van der Waals surface area contributed by atoms with E-state index in [9.17, 15) is 14.9 Å². The number of non-ortho nitro benzene ring substituents is 1. The molecule has 16 heavy (non-hydrogen) atoms. The molecule has 84 valence electrons. The SMILES string of the molecule is N/C(=N\O)C(=O)Nc1cccc([N+](=O)[O-])c1. The number of amidine groups is 1. The molecule has 1 rings (SSSR count). The van der Waals surface area contributed by atoms with Gasteiger partial charge in [0.1, 0.15) is 0 Å². The molecule has 4 N–H and O–H groups in total. The molecule has 1 aromatic carbocycles. The van der Waals surface area contributed by atoms with Crippen LogP contribution in [0.2, 0.25) is 0 Å². The van der Waals surface area contributed by atoms with E-state index >= 15 is 0 Å². The average molecular weight is 224 g/mol. The molecule has 0 saturated heterocycles. The zero-order chi connectivity index (χ0) is 12.1. The standard InChI is InChI=1S/C8H8N4O4/c9-7(11-14)8(13)10-5-2-1-3-6(4-5)12(15)16/h1-4,14H,(H2,9,11)(H,10,13). The number of amides is 1. The maximum atomic E-state index is 11.1. The fraction of sp³-hybridized carbons (Fsp3) is 0. The second-order valence-electron chi connectivity index (χ2n) is 2.75. The number of nitro benzene ring substituents is 1. The maximum absolute atomic E-state index is 11.1. The molecule has 0 radical (unpaired) electrons. The molecule has 0 aliphatic heterocycles. The number of rotatable bonds is 2. The summed E-state index contributed by atoms with van der Waals surface area (Å²) in [6.07, 6.45) is 0. The van der Waals surface area contributed by atoms with E-state index in [0.717, 1.165) is 6.07 Å². The first kappa shape index (κ1) is 11.4. The van der Waals surface area contributed by atoms with Gasteiger partial charge in [-0.3, -0.25) is 14.9 Å². The molecule has 0 aliphatic carbocycles. The molecule has 0 aromatic heterocycles. The van der Waals surface area contributed by atoms with Gasteiger partial charge in [-0.25, -0.2) is 0 Å². The number of anilines is 1. The van der Waals surface area contributed by atoms with Gasteiger partial charge >= 0.3 is 0 Å². The Labute approximate surface area is 89.5 Å². The number of benzene rings is 1. The number of oxime groups is 1. The zero-order valence-corrected chi connectivity index (χ0v) is 7.95. The van der Waals surface area contributed by atoms with Crippen LogP contribution in [-0.2, 0) is 4.79 Å². The van der Waals surface area contributed by atoms with Crippen molar-refractivity contribution in [1.82, 2.24) is 0 Å². The van der Waals surface area contributed by atoms with Crippen LogP contribution in [0.15, 0.2) is 29.4 Å². The summed E-state index contributed by atoms with van der Waals surface area (Å²) in [4.78, 5) is 21.0. The lowest BCUT2D eigenvalue weighted by molar-refractivity contribution is -0.384. The normalized spacial score (nSPS) is 10.9. The number of hydrogen-bond donors (Lipinski definition) is 3. The monoisotopic (exact) mass is 224 g/mol. The molecule has 0 atom stereocenters. The van der Waals surface area contributed by atoms with Crippen LogP contribution in [0.1, 0.15) is 0 Å². The Morgan fingerprint density at radius 1 is 1.56 bits per heavy atom. The molecule has 0 saturated carbocycles. The van der Waals surface area contributed by atoms with Crippen molar-refractivity contribution in [2.45, 2.75) is 0 Å². The van der Waals surface area contributed by atoms with Crippen LogP contribution in [0.25, 0.3) is 0 Å². The third kappa shape index (κ3) is 2.67. The summed E-state index contributed by atoms with van der Waals surface area (Å²) < 4.78 is 0. The van der Waals surface area contributed by atoms with Gasteiger partial charge in [-0.15, -0.1) is 0 Å². The predicted octanol–water partition coefficient (Wildman–Crippen LogP) is 0.280. The van der Waals surface area contributed by atoms with E-state index in [0.29, 0.717) is 0 Å². The Hall–Kier alpha value is -2.64. The van der Waals surface area contributed by atoms with Crippen molar-refractivity contribution in [3.63, 3.8) is 0 Å². The smallest absolute Gasteiger partial charge is 0.294 e. The molecular weight excluding hydrogens is 216 g/mol. The number of nitro groups is 1. The quantitative estimate of drug-likeness (QED) is 0.218. The predicted molar refractivity (Wildman–Crippen MR) is 55.1 cm³/mol. The Bertz CT molecular complexity index is 457. The number of nitrogens with zero attached hydrogens (tertiary/aromatic N) is 2. The highest BCUT2D eigenvalue weighted by atomic mass is 16.6. The third-order valence-corrected chi connectivity index (χ3v) is 1.66. The molecule has 8 heteroatoms. The molecule has 0 unspecified atom stereocenters. The first-order valence-corrected chi connectivity index (χ1v) is 4.08. The van der Waals surface area contributed by atoms with Gasteiger partial charge in [0.05, 0.1) is 4.92 Å². The van der Waals surface area contributed by atoms with Gasteiger partial charge in [-0.1, -0.05) is 11.2 Å². The van der Waals surface area contributed by atoms with Gasteiger partial charge in [0, 0.05) is 17.8 Å².